The minimum absolute atomic E-state index is 0.0869. The maximum atomic E-state index is 10.7. The Morgan fingerprint density at radius 3 is 2.29 bits per heavy atom. The number of anilines is 1. The lowest BCUT2D eigenvalue weighted by Crippen LogP contribution is -2.18. The number of non-ortho nitro benzene ring substituents is 1. The van der Waals surface area contributed by atoms with Gasteiger partial charge in [0.15, 0.2) is 0 Å². The first kappa shape index (κ1) is 15.6. The van der Waals surface area contributed by atoms with E-state index >= 15 is 0 Å². The van der Waals surface area contributed by atoms with Gasteiger partial charge in [0, 0.05) is 18.2 Å². The Labute approximate surface area is 132 Å². The van der Waals surface area contributed by atoms with E-state index in [-0.39, 0.29) is 21.8 Å². The average molecular weight is 325 g/mol. The summed E-state index contributed by atoms with van der Waals surface area (Å²) in [6.07, 6.45) is 0.796. The van der Waals surface area contributed by atoms with Gasteiger partial charge in [0.1, 0.15) is 0 Å². The molecule has 0 radical (unpaired) electrons. The minimum Gasteiger partial charge on any atom is -0.380 e. The van der Waals surface area contributed by atoms with Crippen LogP contribution >= 0.6 is 23.2 Å². The molecule has 0 saturated carbocycles. The molecule has 0 heterocycles. The highest BCUT2D eigenvalue weighted by molar-refractivity contribution is 6.39. The third kappa shape index (κ3) is 4.09. The normalized spacial score (nSPS) is 12.0. The molecular weight excluding hydrogens is 311 g/mol. The molecule has 0 amide bonds. The van der Waals surface area contributed by atoms with E-state index in [2.05, 4.69) is 5.32 Å². The number of rotatable bonds is 5. The number of nitro benzene ring substituents is 1. The third-order valence-corrected chi connectivity index (χ3v) is 3.61. The van der Waals surface area contributed by atoms with Crippen LogP contribution in [-0.2, 0) is 6.42 Å². The van der Waals surface area contributed by atoms with Gasteiger partial charge < -0.3 is 5.32 Å². The quantitative estimate of drug-likeness (QED) is 0.625. The number of hydrogen-bond donors (Lipinski definition) is 1. The standard InChI is InChI=1S/C15H14Cl2N2O2/c1-10(7-11-5-3-2-4-6-11)18-15-13(16)8-12(19(20)21)9-14(15)17/h2-6,8-10,18H,7H2,1H3. The van der Waals surface area contributed by atoms with Crippen LogP contribution in [0.3, 0.4) is 0 Å². The molecule has 0 saturated heterocycles. The van der Waals surface area contributed by atoms with Crippen molar-refractivity contribution in [1.82, 2.24) is 0 Å². The Balaban J connectivity index is 2.14. The number of hydrogen-bond acceptors (Lipinski definition) is 3. The molecule has 6 heteroatoms. The molecule has 0 aromatic heterocycles. The van der Waals surface area contributed by atoms with Gasteiger partial charge in [-0.15, -0.1) is 0 Å². The smallest absolute Gasteiger partial charge is 0.272 e. The first-order chi connectivity index (χ1) is 9.97. The van der Waals surface area contributed by atoms with Gasteiger partial charge in [0.25, 0.3) is 5.69 Å². The van der Waals surface area contributed by atoms with Crippen molar-refractivity contribution in [2.75, 3.05) is 5.32 Å². The van der Waals surface area contributed by atoms with Crippen LogP contribution in [0.15, 0.2) is 42.5 Å². The number of nitrogens with one attached hydrogen (secondary N) is 1. The van der Waals surface area contributed by atoms with Crippen molar-refractivity contribution in [3.8, 4) is 0 Å². The molecule has 0 fully saturated rings. The maximum absolute atomic E-state index is 10.7. The van der Waals surface area contributed by atoms with Gasteiger partial charge in [-0.3, -0.25) is 10.1 Å². The molecule has 1 N–H and O–H groups in total. The topological polar surface area (TPSA) is 55.2 Å². The highest BCUT2D eigenvalue weighted by atomic mass is 35.5. The molecule has 0 aliphatic carbocycles. The molecule has 21 heavy (non-hydrogen) atoms. The lowest BCUT2D eigenvalue weighted by Gasteiger charge is -2.17. The summed E-state index contributed by atoms with van der Waals surface area (Å²) in [4.78, 5) is 10.2. The fourth-order valence-corrected chi connectivity index (χ4v) is 2.65. The van der Waals surface area contributed by atoms with Crippen molar-refractivity contribution in [3.63, 3.8) is 0 Å². The monoisotopic (exact) mass is 324 g/mol. The first-order valence-corrected chi connectivity index (χ1v) is 7.17. The fraction of sp³-hybridized carbons (Fsp3) is 0.200. The SMILES string of the molecule is CC(Cc1ccccc1)Nc1c(Cl)cc([N+](=O)[O-])cc1Cl. The molecule has 2 aromatic carbocycles. The Morgan fingerprint density at radius 1 is 1.19 bits per heavy atom. The number of benzene rings is 2. The van der Waals surface area contributed by atoms with Crippen LogP contribution in [0.5, 0.6) is 0 Å². The van der Waals surface area contributed by atoms with E-state index in [1.807, 2.05) is 37.3 Å². The summed E-state index contributed by atoms with van der Waals surface area (Å²) in [5.74, 6) is 0. The summed E-state index contributed by atoms with van der Waals surface area (Å²) in [6.45, 7) is 2.00. The summed E-state index contributed by atoms with van der Waals surface area (Å²) in [7, 11) is 0. The van der Waals surface area contributed by atoms with Crippen molar-refractivity contribution in [2.45, 2.75) is 19.4 Å². The zero-order valence-corrected chi connectivity index (χ0v) is 12.9. The van der Waals surface area contributed by atoms with Crippen molar-refractivity contribution in [3.05, 3.63) is 68.2 Å². The average Bonchev–Trinajstić information content (AvgIpc) is 2.43. The second-order valence-electron chi connectivity index (χ2n) is 4.78. The Morgan fingerprint density at radius 2 is 1.76 bits per heavy atom. The molecule has 2 rings (SSSR count). The van der Waals surface area contributed by atoms with Crippen molar-refractivity contribution >= 4 is 34.6 Å². The van der Waals surface area contributed by atoms with Gasteiger partial charge in [0.2, 0.25) is 0 Å². The molecule has 1 atom stereocenters. The molecule has 0 aliphatic heterocycles. The lowest BCUT2D eigenvalue weighted by molar-refractivity contribution is -0.384. The third-order valence-electron chi connectivity index (χ3n) is 3.01. The molecule has 110 valence electrons. The second kappa shape index (κ2) is 6.78. The van der Waals surface area contributed by atoms with Gasteiger partial charge in [-0.1, -0.05) is 53.5 Å². The van der Waals surface area contributed by atoms with Crippen LogP contribution in [-0.4, -0.2) is 11.0 Å². The predicted octanol–water partition coefficient (Wildman–Crippen LogP) is 4.94. The molecule has 2 aromatic rings. The van der Waals surface area contributed by atoms with Crippen LogP contribution in [0.1, 0.15) is 12.5 Å². The van der Waals surface area contributed by atoms with Gasteiger partial charge in [-0.2, -0.15) is 0 Å². The van der Waals surface area contributed by atoms with E-state index in [0.29, 0.717) is 5.69 Å². The molecule has 0 bridgehead atoms. The van der Waals surface area contributed by atoms with E-state index in [1.165, 1.54) is 17.7 Å². The number of nitrogens with zero attached hydrogens (tertiary/aromatic N) is 1. The van der Waals surface area contributed by atoms with Crippen LogP contribution in [0.25, 0.3) is 0 Å². The summed E-state index contributed by atoms with van der Waals surface area (Å²) in [5.41, 5.74) is 1.59. The zero-order chi connectivity index (χ0) is 15.4. The second-order valence-corrected chi connectivity index (χ2v) is 5.59. The maximum Gasteiger partial charge on any atom is 0.272 e. The van der Waals surface area contributed by atoms with E-state index in [9.17, 15) is 10.1 Å². The van der Waals surface area contributed by atoms with Crippen LogP contribution in [0.4, 0.5) is 11.4 Å². The highest BCUT2D eigenvalue weighted by Gasteiger charge is 2.16. The number of halogens is 2. The molecular formula is C15H14Cl2N2O2. The summed E-state index contributed by atoms with van der Waals surface area (Å²) >= 11 is 12.1. The largest absolute Gasteiger partial charge is 0.380 e. The lowest BCUT2D eigenvalue weighted by atomic mass is 10.1. The van der Waals surface area contributed by atoms with Gasteiger partial charge in [0.05, 0.1) is 20.7 Å². The Bertz CT molecular complexity index is 624. The van der Waals surface area contributed by atoms with Crippen LogP contribution in [0.2, 0.25) is 10.0 Å². The molecule has 0 spiro atoms. The van der Waals surface area contributed by atoms with Crippen molar-refractivity contribution < 1.29 is 4.92 Å². The van der Waals surface area contributed by atoms with Crippen molar-refractivity contribution in [1.29, 1.82) is 0 Å². The first-order valence-electron chi connectivity index (χ1n) is 6.41. The van der Waals surface area contributed by atoms with E-state index in [1.54, 1.807) is 0 Å². The predicted molar refractivity (Wildman–Crippen MR) is 86.3 cm³/mol. The Hall–Kier alpha value is -1.78. The summed E-state index contributed by atoms with van der Waals surface area (Å²) < 4.78 is 0. The van der Waals surface area contributed by atoms with Gasteiger partial charge in [-0.25, -0.2) is 0 Å². The molecule has 4 nitrogen and oxygen atoms in total. The minimum atomic E-state index is -0.519. The molecule has 1 unspecified atom stereocenters. The van der Waals surface area contributed by atoms with Crippen molar-refractivity contribution in [2.24, 2.45) is 0 Å². The summed E-state index contributed by atoms with van der Waals surface area (Å²) in [6, 6.07) is 12.7. The molecule has 0 aliphatic rings. The van der Waals surface area contributed by atoms with E-state index in [4.69, 9.17) is 23.2 Å². The van der Waals surface area contributed by atoms with E-state index < -0.39 is 4.92 Å². The van der Waals surface area contributed by atoms with Crippen LogP contribution < -0.4 is 5.32 Å². The van der Waals surface area contributed by atoms with Gasteiger partial charge >= 0.3 is 0 Å². The zero-order valence-electron chi connectivity index (χ0n) is 11.3. The Kier molecular flexibility index (Phi) is 5.04. The van der Waals surface area contributed by atoms with Gasteiger partial charge in [-0.05, 0) is 18.9 Å². The number of nitro groups is 1. The van der Waals surface area contributed by atoms with E-state index in [0.717, 1.165) is 6.42 Å². The summed E-state index contributed by atoms with van der Waals surface area (Å²) in [5, 5.41) is 14.4. The highest BCUT2D eigenvalue weighted by Crippen LogP contribution is 2.35. The fourth-order valence-electron chi connectivity index (χ4n) is 2.07. The van der Waals surface area contributed by atoms with Crippen LogP contribution in [0, 0.1) is 10.1 Å².